The van der Waals surface area contributed by atoms with Crippen LogP contribution in [0.25, 0.3) is 0 Å². The van der Waals surface area contributed by atoms with Gasteiger partial charge in [0.1, 0.15) is 0 Å². The van der Waals surface area contributed by atoms with Crippen molar-refractivity contribution >= 4 is 29.1 Å². The molecule has 0 fully saturated rings. The van der Waals surface area contributed by atoms with Crippen LogP contribution in [0.4, 0.5) is 17.5 Å². The van der Waals surface area contributed by atoms with E-state index in [0.29, 0.717) is 28.9 Å². The van der Waals surface area contributed by atoms with E-state index in [0.717, 1.165) is 11.3 Å². The average Bonchev–Trinajstić information content (AvgIpc) is 2.62. The summed E-state index contributed by atoms with van der Waals surface area (Å²) in [6, 6.07) is 16.7. The van der Waals surface area contributed by atoms with Crippen molar-refractivity contribution in [3.8, 4) is 6.07 Å². The highest BCUT2D eigenvalue weighted by atomic mass is 35.5. The van der Waals surface area contributed by atoms with Crippen LogP contribution in [0, 0.1) is 11.3 Å². The van der Waals surface area contributed by atoms with Crippen molar-refractivity contribution in [3.63, 3.8) is 0 Å². The van der Waals surface area contributed by atoms with Gasteiger partial charge in [0.15, 0.2) is 5.82 Å². The minimum atomic E-state index is 0.353. The lowest BCUT2D eigenvalue weighted by molar-refractivity contribution is 0.966. The van der Waals surface area contributed by atoms with Crippen molar-refractivity contribution in [3.05, 3.63) is 70.9 Å². The van der Waals surface area contributed by atoms with Gasteiger partial charge in [0, 0.05) is 17.3 Å². The van der Waals surface area contributed by atoms with Crippen molar-refractivity contribution in [2.24, 2.45) is 0 Å². The maximum Gasteiger partial charge on any atom is 0.249 e. The molecule has 2 N–H and O–H groups in total. The molecule has 1 heterocycles. The van der Waals surface area contributed by atoms with Crippen molar-refractivity contribution in [1.82, 2.24) is 15.2 Å². The second kappa shape index (κ2) is 7.40. The maximum absolute atomic E-state index is 8.93. The van der Waals surface area contributed by atoms with E-state index in [1.54, 1.807) is 24.4 Å². The predicted octanol–water partition coefficient (Wildman–Crippen LogP) is 3.75. The summed E-state index contributed by atoms with van der Waals surface area (Å²) in [6.07, 6.45) is 1.55. The number of rotatable bonds is 5. The van der Waals surface area contributed by atoms with Gasteiger partial charge in [-0.25, -0.2) is 0 Å². The molecule has 0 saturated carbocycles. The number of nitriles is 1. The van der Waals surface area contributed by atoms with Gasteiger partial charge in [0.2, 0.25) is 5.95 Å². The fourth-order valence-corrected chi connectivity index (χ4v) is 2.16. The van der Waals surface area contributed by atoms with Crippen LogP contribution in [-0.4, -0.2) is 15.2 Å². The number of benzene rings is 2. The van der Waals surface area contributed by atoms with Gasteiger partial charge in [-0.15, -0.1) is 5.10 Å². The van der Waals surface area contributed by atoms with Gasteiger partial charge in [0.25, 0.3) is 0 Å². The van der Waals surface area contributed by atoms with E-state index in [4.69, 9.17) is 16.9 Å². The number of anilines is 3. The Balaban J connectivity index is 1.67. The van der Waals surface area contributed by atoms with E-state index in [2.05, 4.69) is 31.9 Å². The Labute approximate surface area is 144 Å². The Morgan fingerprint density at radius 2 is 1.96 bits per heavy atom. The van der Waals surface area contributed by atoms with Gasteiger partial charge in [-0.3, -0.25) is 0 Å². The molecule has 0 unspecified atom stereocenters. The van der Waals surface area contributed by atoms with Crippen LogP contribution in [0.15, 0.2) is 54.7 Å². The van der Waals surface area contributed by atoms with Gasteiger partial charge in [0.05, 0.1) is 17.8 Å². The molecule has 0 aliphatic heterocycles. The van der Waals surface area contributed by atoms with Crippen molar-refractivity contribution in [2.45, 2.75) is 6.54 Å². The topological polar surface area (TPSA) is 86.5 Å². The third-order valence-electron chi connectivity index (χ3n) is 3.19. The number of halogens is 1. The fraction of sp³-hybridized carbons (Fsp3) is 0.0588. The van der Waals surface area contributed by atoms with Crippen LogP contribution in [0.3, 0.4) is 0 Å². The molecule has 0 aliphatic carbocycles. The van der Waals surface area contributed by atoms with E-state index in [-0.39, 0.29) is 0 Å². The molecule has 0 bridgehead atoms. The summed E-state index contributed by atoms with van der Waals surface area (Å²) < 4.78 is 0. The molecule has 3 rings (SSSR count). The fourth-order valence-electron chi connectivity index (χ4n) is 2.03. The zero-order valence-electron chi connectivity index (χ0n) is 12.6. The molecule has 1 aromatic heterocycles. The van der Waals surface area contributed by atoms with Crippen molar-refractivity contribution in [2.75, 3.05) is 10.6 Å². The molecule has 6 nitrogen and oxygen atoms in total. The largest absolute Gasteiger partial charge is 0.365 e. The average molecular weight is 337 g/mol. The number of hydrogen-bond donors (Lipinski definition) is 2. The summed E-state index contributed by atoms with van der Waals surface area (Å²) in [5.74, 6) is 0.949. The summed E-state index contributed by atoms with van der Waals surface area (Å²) in [6.45, 7) is 0.596. The molecule has 0 saturated heterocycles. The lowest BCUT2D eigenvalue weighted by Gasteiger charge is -2.08. The first-order valence-electron chi connectivity index (χ1n) is 7.18. The van der Waals surface area contributed by atoms with Crippen molar-refractivity contribution < 1.29 is 0 Å². The summed E-state index contributed by atoms with van der Waals surface area (Å²) in [5, 5.41) is 23.7. The van der Waals surface area contributed by atoms with Crippen LogP contribution >= 0.6 is 11.6 Å². The lowest BCUT2D eigenvalue weighted by Crippen LogP contribution is -2.05. The normalized spacial score (nSPS) is 10.0. The minimum absolute atomic E-state index is 0.353. The maximum atomic E-state index is 8.93. The molecule has 2 aromatic carbocycles. The molecule has 24 heavy (non-hydrogen) atoms. The monoisotopic (exact) mass is 336 g/mol. The third-order valence-corrected chi connectivity index (χ3v) is 3.45. The summed E-state index contributed by atoms with van der Waals surface area (Å²) >= 11 is 5.87. The van der Waals surface area contributed by atoms with Gasteiger partial charge >= 0.3 is 0 Å². The minimum Gasteiger partial charge on any atom is -0.365 e. The molecular weight excluding hydrogens is 324 g/mol. The van der Waals surface area contributed by atoms with Crippen LogP contribution < -0.4 is 10.6 Å². The Bertz CT molecular complexity index is 873. The first-order chi connectivity index (χ1) is 11.7. The molecular formula is C17H13ClN6. The molecule has 0 radical (unpaired) electrons. The molecule has 7 heteroatoms. The zero-order chi connectivity index (χ0) is 16.8. The number of nitrogens with one attached hydrogen (secondary N) is 2. The summed E-state index contributed by atoms with van der Waals surface area (Å²) in [5.41, 5.74) is 2.37. The Hall–Kier alpha value is -3.17. The van der Waals surface area contributed by atoms with Crippen LogP contribution in [-0.2, 0) is 6.54 Å². The first-order valence-corrected chi connectivity index (χ1v) is 7.56. The Kier molecular flexibility index (Phi) is 4.84. The summed E-state index contributed by atoms with van der Waals surface area (Å²) in [7, 11) is 0. The highest BCUT2D eigenvalue weighted by molar-refractivity contribution is 6.30. The molecule has 3 aromatic rings. The van der Waals surface area contributed by atoms with E-state index >= 15 is 0 Å². The molecule has 0 amide bonds. The van der Waals surface area contributed by atoms with E-state index < -0.39 is 0 Å². The first kappa shape index (κ1) is 15.7. The van der Waals surface area contributed by atoms with Crippen LogP contribution in [0.2, 0.25) is 5.02 Å². The van der Waals surface area contributed by atoms with Gasteiger partial charge in [-0.2, -0.15) is 15.3 Å². The van der Waals surface area contributed by atoms with Crippen molar-refractivity contribution in [1.29, 1.82) is 5.26 Å². The number of hydrogen-bond acceptors (Lipinski definition) is 6. The Morgan fingerprint density at radius 3 is 2.75 bits per heavy atom. The second-order valence-corrected chi connectivity index (χ2v) is 5.40. The standard InChI is InChI=1S/C17H13ClN6/c18-14-6-4-12(5-7-14)10-20-16-11-21-24-17(23-16)22-15-3-1-2-13(8-15)9-19/h1-8,11H,10H2,(H2,20,22,23,24). The Morgan fingerprint density at radius 1 is 1.12 bits per heavy atom. The zero-order valence-corrected chi connectivity index (χ0v) is 13.3. The lowest BCUT2D eigenvalue weighted by atomic mass is 10.2. The molecule has 0 atom stereocenters. The predicted molar refractivity (Wildman–Crippen MR) is 93.0 cm³/mol. The number of aromatic nitrogens is 3. The van der Waals surface area contributed by atoms with E-state index in [9.17, 15) is 0 Å². The summed E-state index contributed by atoms with van der Waals surface area (Å²) in [4.78, 5) is 4.35. The number of nitrogens with zero attached hydrogens (tertiary/aromatic N) is 4. The molecule has 0 aliphatic rings. The smallest absolute Gasteiger partial charge is 0.249 e. The highest BCUT2D eigenvalue weighted by Crippen LogP contribution is 2.15. The third kappa shape index (κ3) is 4.18. The van der Waals surface area contributed by atoms with Gasteiger partial charge < -0.3 is 10.6 Å². The molecule has 118 valence electrons. The van der Waals surface area contributed by atoms with Crippen LogP contribution in [0.1, 0.15) is 11.1 Å². The van der Waals surface area contributed by atoms with E-state index in [1.807, 2.05) is 30.3 Å². The van der Waals surface area contributed by atoms with Gasteiger partial charge in [-0.1, -0.05) is 29.8 Å². The quantitative estimate of drug-likeness (QED) is 0.737. The highest BCUT2D eigenvalue weighted by Gasteiger charge is 2.02. The van der Waals surface area contributed by atoms with Crippen LogP contribution in [0.5, 0.6) is 0 Å². The van der Waals surface area contributed by atoms with E-state index in [1.165, 1.54) is 0 Å². The second-order valence-electron chi connectivity index (χ2n) is 4.96. The van der Waals surface area contributed by atoms with Gasteiger partial charge in [-0.05, 0) is 35.9 Å². The molecule has 0 spiro atoms. The SMILES string of the molecule is N#Cc1cccc(Nc2nncc(NCc3ccc(Cl)cc3)n2)c1.